The highest BCUT2D eigenvalue weighted by molar-refractivity contribution is 5.49. The fourth-order valence-corrected chi connectivity index (χ4v) is 1.08. The maximum Gasteiger partial charge on any atom is 0.0713 e. The predicted molar refractivity (Wildman–Crippen MR) is 51.9 cm³/mol. The van der Waals surface area contributed by atoms with Crippen molar-refractivity contribution in [2.75, 3.05) is 7.11 Å². The zero-order chi connectivity index (χ0) is 8.81. The second-order valence-corrected chi connectivity index (χ2v) is 2.67. The van der Waals surface area contributed by atoms with Gasteiger partial charge < -0.3 is 4.74 Å². The van der Waals surface area contributed by atoms with Gasteiger partial charge in [-0.1, -0.05) is 36.4 Å². The van der Waals surface area contributed by atoms with Crippen molar-refractivity contribution in [3.05, 3.63) is 41.5 Å². The molecule has 1 aromatic rings. The second-order valence-electron chi connectivity index (χ2n) is 2.67. The molecule has 64 valence electrons. The number of hydrogen-bond acceptors (Lipinski definition) is 1. The van der Waals surface area contributed by atoms with E-state index >= 15 is 0 Å². The molecular weight excluding hydrogens is 148 g/mol. The van der Waals surface area contributed by atoms with Gasteiger partial charge in [0.2, 0.25) is 0 Å². The molecule has 0 aliphatic heterocycles. The van der Waals surface area contributed by atoms with Gasteiger partial charge in [-0.05, 0) is 18.1 Å². The molecule has 12 heavy (non-hydrogen) atoms. The molecule has 0 spiro atoms. The smallest absolute Gasteiger partial charge is 0.0713 e. The Balaban J connectivity index is 2.71. The van der Waals surface area contributed by atoms with Gasteiger partial charge in [0.1, 0.15) is 0 Å². The molecule has 0 atom stereocenters. The van der Waals surface area contributed by atoms with Crippen LogP contribution >= 0.6 is 0 Å². The van der Waals surface area contributed by atoms with Crippen LogP contribution in [0.25, 0.3) is 6.08 Å². The lowest BCUT2D eigenvalue weighted by atomic mass is 10.1. The third kappa shape index (κ3) is 2.51. The van der Waals surface area contributed by atoms with Crippen molar-refractivity contribution in [2.45, 2.75) is 13.5 Å². The summed E-state index contributed by atoms with van der Waals surface area (Å²) < 4.78 is 5.01. The molecule has 0 amide bonds. The summed E-state index contributed by atoms with van der Waals surface area (Å²) in [6, 6.07) is 8.35. The van der Waals surface area contributed by atoms with Gasteiger partial charge >= 0.3 is 0 Å². The average Bonchev–Trinajstić information content (AvgIpc) is 2.09. The Morgan fingerprint density at radius 2 is 1.92 bits per heavy atom. The van der Waals surface area contributed by atoms with Gasteiger partial charge in [0, 0.05) is 7.11 Å². The van der Waals surface area contributed by atoms with Crippen LogP contribution in [0.3, 0.4) is 0 Å². The summed E-state index contributed by atoms with van der Waals surface area (Å²) in [5.41, 5.74) is 2.45. The van der Waals surface area contributed by atoms with Gasteiger partial charge in [0.15, 0.2) is 0 Å². The normalized spacial score (nSPS) is 10.8. The SMILES string of the molecule is C/C=C/c1ccc(COC)cc1. The topological polar surface area (TPSA) is 9.23 Å². The zero-order valence-corrected chi connectivity index (χ0v) is 7.58. The molecule has 0 heterocycles. The molecule has 0 radical (unpaired) electrons. The van der Waals surface area contributed by atoms with E-state index in [1.807, 2.05) is 13.0 Å². The Bertz CT molecular complexity index is 246. The van der Waals surface area contributed by atoms with Gasteiger partial charge in [0.25, 0.3) is 0 Å². The first-order valence-corrected chi connectivity index (χ1v) is 4.07. The fourth-order valence-electron chi connectivity index (χ4n) is 1.08. The van der Waals surface area contributed by atoms with E-state index in [1.54, 1.807) is 7.11 Å². The molecule has 0 unspecified atom stereocenters. The van der Waals surface area contributed by atoms with Crippen molar-refractivity contribution in [3.63, 3.8) is 0 Å². The number of methoxy groups -OCH3 is 1. The highest BCUT2D eigenvalue weighted by Crippen LogP contribution is 2.06. The Hall–Kier alpha value is -1.08. The quantitative estimate of drug-likeness (QED) is 0.664. The molecule has 1 aromatic carbocycles. The number of allylic oxidation sites excluding steroid dienone is 1. The van der Waals surface area contributed by atoms with Crippen molar-refractivity contribution in [1.29, 1.82) is 0 Å². The highest BCUT2D eigenvalue weighted by atomic mass is 16.5. The maximum atomic E-state index is 5.01. The second kappa shape index (κ2) is 4.73. The van der Waals surface area contributed by atoms with Crippen LogP contribution in [0.5, 0.6) is 0 Å². The van der Waals surface area contributed by atoms with E-state index in [-0.39, 0.29) is 0 Å². The number of hydrogen-bond donors (Lipinski definition) is 0. The lowest BCUT2D eigenvalue weighted by Gasteiger charge is -1.99. The number of ether oxygens (including phenoxy) is 1. The molecule has 0 aliphatic carbocycles. The Kier molecular flexibility index (Phi) is 3.55. The monoisotopic (exact) mass is 162 g/mol. The summed E-state index contributed by atoms with van der Waals surface area (Å²) in [6.45, 7) is 2.71. The molecule has 0 bridgehead atoms. The Labute approximate surface area is 73.7 Å². The summed E-state index contributed by atoms with van der Waals surface area (Å²) >= 11 is 0. The van der Waals surface area contributed by atoms with Crippen molar-refractivity contribution >= 4 is 6.08 Å². The van der Waals surface area contributed by atoms with Gasteiger partial charge in [-0.25, -0.2) is 0 Å². The van der Waals surface area contributed by atoms with E-state index in [0.29, 0.717) is 6.61 Å². The van der Waals surface area contributed by atoms with Crippen LogP contribution < -0.4 is 0 Å². The molecular formula is C11H14O. The van der Waals surface area contributed by atoms with Crippen LogP contribution in [0.2, 0.25) is 0 Å². The predicted octanol–water partition coefficient (Wildman–Crippen LogP) is 2.87. The molecule has 0 saturated carbocycles. The Morgan fingerprint density at radius 3 is 2.42 bits per heavy atom. The molecule has 0 aliphatic rings. The minimum atomic E-state index is 0.691. The molecule has 0 saturated heterocycles. The number of benzene rings is 1. The zero-order valence-electron chi connectivity index (χ0n) is 7.58. The summed E-state index contributed by atoms with van der Waals surface area (Å²) in [7, 11) is 1.71. The first-order valence-electron chi connectivity index (χ1n) is 4.07. The lowest BCUT2D eigenvalue weighted by molar-refractivity contribution is 0.185. The summed E-state index contributed by atoms with van der Waals surface area (Å²) in [5, 5.41) is 0. The molecule has 0 fully saturated rings. The lowest BCUT2D eigenvalue weighted by Crippen LogP contribution is -1.86. The number of rotatable bonds is 3. The van der Waals surface area contributed by atoms with Gasteiger partial charge in [-0.15, -0.1) is 0 Å². The van der Waals surface area contributed by atoms with Crippen LogP contribution in [-0.2, 0) is 11.3 Å². The van der Waals surface area contributed by atoms with E-state index in [4.69, 9.17) is 4.74 Å². The minimum Gasteiger partial charge on any atom is -0.380 e. The van der Waals surface area contributed by atoms with Crippen LogP contribution in [0.1, 0.15) is 18.1 Å². The minimum absolute atomic E-state index is 0.691. The summed E-state index contributed by atoms with van der Waals surface area (Å²) in [4.78, 5) is 0. The summed E-state index contributed by atoms with van der Waals surface area (Å²) in [5.74, 6) is 0. The van der Waals surface area contributed by atoms with E-state index in [0.717, 1.165) is 0 Å². The van der Waals surface area contributed by atoms with E-state index in [9.17, 15) is 0 Å². The van der Waals surface area contributed by atoms with Crippen LogP contribution in [0.4, 0.5) is 0 Å². The highest BCUT2D eigenvalue weighted by Gasteiger charge is 1.89. The molecule has 1 heteroatoms. The van der Waals surface area contributed by atoms with Crippen molar-refractivity contribution in [1.82, 2.24) is 0 Å². The summed E-state index contributed by atoms with van der Waals surface area (Å²) in [6.07, 6.45) is 4.11. The van der Waals surface area contributed by atoms with E-state index in [1.165, 1.54) is 11.1 Å². The van der Waals surface area contributed by atoms with E-state index in [2.05, 4.69) is 30.3 Å². The Morgan fingerprint density at radius 1 is 1.25 bits per heavy atom. The van der Waals surface area contributed by atoms with Crippen molar-refractivity contribution < 1.29 is 4.74 Å². The fraction of sp³-hybridized carbons (Fsp3) is 0.273. The van der Waals surface area contributed by atoms with Gasteiger partial charge in [-0.3, -0.25) is 0 Å². The van der Waals surface area contributed by atoms with Crippen molar-refractivity contribution in [2.24, 2.45) is 0 Å². The first kappa shape index (κ1) is 9.01. The van der Waals surface area contributed by atoms with Crippen LogP contribution in [-0.4, -0.2) is 7.11 Å². The first-order chi connectivity index (χ1) is 5.86. The molecule has 1 nitrogen and oxygen atoms in total. The van der Waals surface area contributed by atoms with Crippen LogP contribution in [0.15, 0.2) is 30.3 Å². The standard InChI is InChI=1S/C11H14O/c1-3-4-10-5-7-11(8-6-10)9-12-2/h3-8H,9H2,1-2H3/b4-3+. The molecule has 0 aromatic heterocycles. The average molecular weight is 162 g/mol. The van der Waals surface area contributed by atoms with Gasteiger partial charge in [-0.2, -0.15) is 0 Å². The van der Waals surface area contributed by atoms with Crippen LogP contribution in [0, 0.1) is 0 Å². The third-order valence-electron chi connectivity index (χ3n) is 1.65. The maximum absolute atomic E-state index is 5.01. The molecule has 0 N–H and O–H groups in total. The molecule has 1 rings (SSSR count). The largest absolute Gasteiger partial charge is 0.380 e. The third-order valence-corrected chi connectivity index (χ3v) is 1.65. The van der Waals surface area contributed by atoms with E-state index < -0.39 is 0 Å². The van der Waals surface area contributed by atoms with Crippen molar-refractivity contribution in [3.8, 4) is 0 Å². The van der Waals surface area contributed by atoms with Gasteiger partial charge in [0.05, 0.1) is 6.61 Å².